The third-order valence-corrected chi connectivity index (χ3v) is 6.62. The molecule has 1 aromatic heterocycles. The zero-order chi connectivity index (χ0) is 24.0. The Hall–Kier alpha value is -4.07. The molecule has 0 spiro atoms. The van der Waals surface area contributed by atoms with Gasteiger partial charge in [0.05, 0.1) is 6.54 Å². The maximum atomic E-state index is 13.4. The average Bonchev–Trinajstić information content (AvgIpc) is 3.50. The van der Waals surface area contributed by atoms with Crippen LogP contribution in [-0.2, 0) is 10.3 Å². The van der Waals surface area contributed by atoms with Crippen LogP contribution >= 0.6 is 0 Å². The second kappa shape index (κ2) is 8.06. The lowest BCUT2D eigenvalue weighted by Gasteiger charge is -2.25. The van der Waals surface area contributed by atoms with Crippen LogP contribution in [0.2, 0.25) is 0 Å². The van der Waals surface area contributed by atoms with Gasteiger partial charge in [0.15, 0.2) is 17.3 Å². The Bertz CT molecular complexity index is 1310. The van der Waals surface area contributed by atoms with Gasteiger partial charge < -0.3 is 19.4 Å². The van der Waals surface area contributed by atoms with Gasteiger partial charge in [0.1, 0.15) is 5.54 Å². The lowest BCUT2D eigenvalue weighted by molar-refractivity contribution is -0.131. The zero-order valence-corrected chi connectivity index (χ0v) is 19.3. The molecule has 174 valence electrons. The number of hydrogen-bond acceptors (Lipinski definition) is 5. The van der Waals surface area contributed by atoms with E-state index in [2.05, 4.69) is 5.32 Å². The molecule has 0 radical (unpaired) electrons. The number of nitrogens with zero attached hydrogens (tertiary/aromatic N) is 2. The van der Waals surface area contributed by atoms with Crippen molar-refractivity contribution in [1.29, 1.82) is 0 Å². The quantitative estimate of drug-likeness (QED) is 0.447. The molecule has 0 bridgehead atoms. The molecule has 3 aromatic rings. The van der Waals surface area contributed by atoms with E-state index >= 15 is 0 Å². The maximum absolute atomic E-state index is 13.4. The number of ketones is 1. The van der Waals surface area contributed by atoms with Gasteiger partial charge in [-0.2, -0.15) is 0 Å². The van der Waals surface area contributed by atoms with Crippen molar-refractivity contribution in [3.63, 3.8) is 0 Å². The lowest BCUT2D eigenvalue weighted by Crippen LogP contribution is -2.43. The summed E-state index contributed by atoms with van der Waals surface area (Å²) in [6, 6.07) is 15.9. The van der Waals surface area contributed by atoms with Crippen molar-refractivity contribution < 1.29 is 23.9 Å². The van der Waals surface area contributed by atoms with Crippen LogP contribution in [0.25, 0.3) is 5.69 Å². The van der Waals surface area contributed by atoms with E-state index in [4.69, 9.17) is 9.47 Å². The summed E-state index contributed by atoms with van der Waals surface area (Å²) in [5.74, 6) is 0.612. The van der Waals surface area contributed by atoms with Gasteiger partial charge in [0, 0.05) is 28.7 Å². The predicted octanol–water partition coefficient (Wildman–Crippen LogP) is 3.86. The summed E-state index contributed by atoms with van der Waals surface area (Å²) in [5, 5.41) is 2.83. The molecular weight excluding hydrogens is 434 g/mol. The topological polar surface area (TPSA) is 89.9 Å². The van der Waals surface area contributed by atoms with Gasteiger partial charge in [-0.1, -0.05) is 37.3 Å². The molecule has 1 saturated heterocycles. The van der Waals surface area contributed by atoms with E-state index in [1.165, 1.54) is 0 Å². The predicted molar refractivity (Wildman–Crippen MR) is 124 cm³/mol. The van der Waals surface area contributed by atoms with Crippen LogP contribution in [-0.4, -0.2) is 40.5 Å². The number of Topliss-reactive ketones (excluding diaryl/α,β-unsaturated/α-hetero) is 1. The smallest absolute Gasteiger partial charge is 0.325 e. The minimum atomic E-state index is -1.16. The van der Waals surface area contributed by atoms with E-state index in [0.29, 0.717) is 29.0 Å². The molecule has 8 heteroatoms. The van der Waals surface area contributed by atoms with Gasteiger partial charge in [-0.05, 0) is 44.0 Å². The van der Waals surface area contributed by atoms with Crippen molar-refractivity contribution >= 4 is 17.7 Å². The number of imide groups is 1. The third-order valence-electron chi connectivity index (χ3n) is 6.62. The number of rotatable bonds is 6. The van der Waals surface area contributed by atoms with Gasteiger partial charge in [-0.25, -0.2) is 4.79 Å². The summed E-state index contributed by atoms with van der Waals surface area (Å²) in [4.78, 5) is 40.5. The second-order valence-corrected chi connectivity index (χ2v) is 8.53. The first-order chi connectivity index (χ1) is 16.4. The molecule has 1 unspecified atom stereocenters. The van der Waals surface area contributed by atoms with Crippen LogP contribution in [0.5, 0.6) is 11.5 Å². The molecule has 8 nitrogen and oxygen atoms in total. The van der Waals surface area contributed by atoms with Crippen molar-refractivity contribution in [3.8, 4) is 17.2 Å². The Morgan fingerprint density at radius 2 is 1.76 bits per heavy atom. The highest BCUT2D eigenvalue weighted by Gasteiger charge is 2.51. The molecule has 2 aliphatic rings. The minimum Gasteiger partial charge on any atom is -0.454 e. The van der Waals surface area contributed by atoms with Crippen LogP contribution in [0, 0.1) is 13.8 Å². The average molecular weight is 460 g/mol. The number of hydrogen-bond donors (Lipinski definition) is 1. The molecule has 1 atom stereocenters. The monoisotopic (exact) mass is 459 g/mol. The van der Waals surface area contributed by atoms with Crippen LogP contribution in [0.15, 0.2) is 54.6 Å². The first-order valence-electron chi connectivity index (χ1n) is 11.2. The normalized spacial score (nSPS) is 19.0. The van der Waals surface area contributed by atoms with E-state index in [1.807, 2.05) is 73.9 Å². The summed E-state index contributed by atoms with van der Waals surface area (Å²) in [5.41, 5.74) is 2.41. The Labute approximate surface area is 197 Å². The van der Waals surface area contributed by atoms with Gasteiger partial charge in [-0.15, -0.1) is 0 Å². The van der Waals surface area contributed by atoms with E-state index in [0.717, 1.165) is 22.0 Å². The van der Waals surface area contributed by atoms with Gasteiger partial charge in [0.2, 0.25) is 6.79 Å². The summed E-state index contributed by atoms with van der Waals surface area (Å²) in [6.45, 7) is 5.44. The Morgan fingerprint density at radius 1 is 1.03 bits per heavy atom. The molecule has 5 rings (SSSR count). The SMILES string of the molecule is CCC1(c2ccccc2)NC(=O)N(CC(=O)c2cc(C)n(-c3ccc4c(c3)OCO4)c2C)C1=O. The highest BCUT2D eigenvalue weighted by Crippen LogP contribution is 2.35. The molecule has 2 aromatic carbocycles. The highest BCUT2D eigenvalue weighted by molar-refractivity contribution is 6.11. The standard InChI is InChI=1S/C26H25N3O5/c1-4-26(18-8-6-5-7-9-18)24(31)28(25(32)27-26)14-21(30)20-12-16(2)29(17(20)3)19-10-11-22-23(13-19)34-15-33-22/h5-13H,4,14-15H2,1-3H3,(H,27,32). The molecule has 3 heterocycles. The maximum Gasteiger partial charge on any atom is 0.325 e. The molecule has 3 amide bonds. The summed E-state index contributed by atoms with van der Waals surface area (Å²) < 4.78 is 12.8. The van der Waals surface area contributed by atoms with Crippen molar-refractivity contribution in [1.82, 2.24) is 14.8 Å². The van der Waals surface area contributed by atoms with E-state index in [-0.39, 0.29) is 19.1 Å². The fraction of sp³-hybridized carbons (Fsp3) is 0.269. The van der Waals surface area contributed by atoms with Crippen LogP contribution < -0.4 is 14.8 Å². The molecule has 0 saturated carbocycles. The molecule has 1 N–H and O–H groups in total. The van der Waals surface area contributed by atoms with Crippen molar-refractivity contribution in [2.24, 2.45) is 0 Å². The van der Waals surface area contributed by atoms with Crippen LogP contribution in [0.4, 0.5) is 4.79 Å². The van der Waals surface area contributed by atoms with Crippen molar-refractivity contribution in [2.45, 2.75) is 32.7 Å². The van der Waals surface area contributed by atoms with Crippen molar-refractivity contribution in [3.05, 3.63) is 77.1 Å². The minimum absolute atomic E-state index is 0.181. The zero-order valence-electron chi connectivity index (χ0n) is 19.3. The third kappa shape index (κ3) is 3.25. The number of carbonyl (C=O) groups is 3. The van der Waals surface area contributed by atoms with Gasteiger partial charge in [0.25, 0.3) is 5.91 Å². The number of aryl methyl sites for hydroxylation is 1. The molecule has 0 aliphatic carbocycles. The van der Waals surface area contributed by atoms with Crippen molar-refractivity contribution in [2.75, 3.05) is 13.3 Å². The molecule has 1 fully saturated rings. The number of urea groups is 1. The first kappa shape index (κ1) is 21.8. The number of benzene rings is 2. The fourth-order valence-electron chi connectivity index (χ4n) is 4.83. The van der Waals surface area contributed by atoms with E-state index in [1.54, 1.807) is 6.07 Å². The van der Waals surface area contributed by atoms with E-state index < -0.39 is 17.5 Å². The summed E-state index contributed by atoms with van der Waals surface area (Å²) in [7, 11) is 0. The fourth-order valence-corrected chi connectivity index (χ4v) is 4.83. The van der Waals surface area contributed by atoms with Crippen LogP contribution in [0.1, 0.15) is 40.7 Å². The largest absolute Gasteiger partial charge is 0.454 e. The van der Waals surface area contributed by atoms with Crippen LogP contribution in [0.3, 0.4) is 0 Å². The number of nitrogens with one attached hydrogen (secondary N) is 1. The van der Waals surface area contributed by atoms with Gasteiger partial charge in [-0.3, -0.25) is 14.5 Å². The molecule has 2 aliphatic heterocycles. The molecule has 34 heavy (non-hydrogen) atoms. The number of carbonyl (C=O) groups excluding carboxylic acids is 3. The first-order valence-corrected chi connectivity index (χ1v) is 11.2. The highest BCUT2D eigenvalue weighted by atomic mass is 16.7. The number of ether oxygens (including phenoxy) is 2. The lowest BCUT2D eigenvalue weighted by atomic mass is 9.87. The second-order valence-electron chi connectivity index (χ2n) is 8.53. The number of amides is 3. The summed E-state index contributed by atoms with van der Waals surface area (Å²) >= 11 is 0. The number of fused-ring (bicyclic) bond motifs is 1. The van der Waals surface area contributed by atoms with Gasteiger partial charge >= 0.3 is 6.03 Å². The Morgan fingerprint density at radius 3 is 2.50 bits per heavy atom. The number of aromatic nitrogens is 1. The Kier molecular flexibility index (Phi) is 5.16. The Balaban J connectivity index is 1.43. The van der Waals surface area contributed by atoms with E-state index in [9.17, 15) is 14.4 Å². The molecular formula is C26H25N3O5. The summed E-state index contributed by atoms with van der Waals surface area (Å²) in [6.07, 6.45) is 0.380.